The van der Waals surface area contributed by atoms with Gasteiger partial charge in [-0.2, -0.15) is 0 Å². The number of aromatic amines is 1. The van der Waals surface area contributed by atoms with Crippen LogP contribution in [0, 0.1) is 0 Å². The number of para-hydroxylation sites is 1. The van der Waals surface area contributed by atoms with E-state index in [4.69, 9.17) is 9.47 Å². The van der Waals surface area contributed by atoms with E-state index in [1.165, 1.54) is 16.5 Å². The van der Waals surface area contributed by atoms with Crippen LogP contribution in [-0.4, -0.2) is 49.6 Å². The molecule has 1 aliphatic heterocycles. The topological polar surface area (TPSA) is 66.6 Å². The lowest BCUT2D eigenvalue weighted by molar-refractivity contribution is -0.117. The van der Waals surface area contributed by atoms with Crippen LogP contribution in [-0.2, 0) is 4.79 Å². The molecular weight excluding hydrogens is 366 g/mol. The van der Waals surface area contributed by atoms with Crippen molar-refractivity contribution in [2.24, 2.45) is 0 Å². The van der Waals surface area contributed by atoms with Crippen LogP contribution in [0.15, 0.2) is 54.7 Å². The van der Waals surface area contributed by atoms with Crippen molar-refractivity contribution < 1.29 is 14.3 Å². The molecule has 29 heavy (non-hydrogen) atoms. The first-order valence-corrected chi connectivity index (χ1v) is 9.67. The van der Waals surface area contributed by atoms with E-state index in [0.717, 1.165) is 25.0 Å². The van der Waals surface area contributed by atoms with Gasteiger partial charge in [-0.15, -0.1) is 0 Å². The van der Waals surface area contributed by atoms with Crippen molar-refractivity contribution >= 4 is 28.1 Å². The summed E-state index contributed by atoms with van der Waals surface area (Å²) in [6.45, 7) is 1.92. The Morgan fingerprint density at radius 2 is 2.03 bits per heavy atom. The Labute approximate surface area is 170 Å². The molecule has 0 saturated carbocycles. The summed E-state index contributed by atoms with van der Waals surface area (Å²) in [4.78, 5) is 18.0. The van der Waals surface area contributed by atoms with Crippen LogP contribution in [0.1, 0.15) is 12.0 Å². The summed E-state index contributed by atoms with van der Waals surface area (Å²) in [5.41, 5.74) is 4.35. The van der Waals surface area contributed by atoms with Crippen molar-refractivity contribution in [3.05, 3.63) is 60.3 Å². The van der Waals surface area contributed by atoms with Crippen LogP contribution >= 0.6 is 0 Å². The molecule has 0 bridgehead atoms. The number of anilines is 1. The van der Waals surface area contributed by atoms with Crippen LogP contribution in [0.4, 0.5) is 5.69 Å². The minimum absolute atomic E-state index is 0.0690. The molecule has 0 atom stereocenters. The molecule has 1 aliphatic rings. The van der Waals surface area contributed by atoms with E-state index in [1.807, 2.05) is 6.07 Å². The number of amides is 1. The molecule has 0 spiro atoms. The van der Waals surface area contributed by atoms with E-state index < -0.39 is 0 Å². The summed E-state index contributed by atoms with van der Waals surface area (Å²) in [6, 6.07) is 13.7. The van der Waals surface area contributed by atoms with Gasteiger partial charge in [0, 0.05) is 41.8 Å². The molecule has 3 aromatic rings. The second-order valence-corrected chi connectivity index (χ2v) is 7.08. The Bertz CT molecular complexity index is 1050. The zero-order chi connectivity index (χ0) is 20.2. The molecule has 0 fully saturated rings. The first-order valence-electron chi connectivity index (χ1n) is 9.67. The normalized spacial score (nSPS) is 14.5. The maximum Gasteiger partial charge on any atom is 0.238 e. The first-order chi connectivity index (χ1) is 14.2. The summed E-state index contributed by atoms with van der Waals surface area (Å²) in [5.74, 6) is 1.21. The largest absolute Gasteiger partial charge is 0.497 e. The summed E-state index contributed by atoms with van der Waals surface area (Å²) in [5, 5.41) is 4.18. The zero-order valence-corrected chi connectivity index (χ0v) is 16.7. The van der Waals surface area contributed by atoms with Gasteiger partial charge in [0.15, 0.2) is 0 Å². The Balaban J connectivity index is 1.40. The van der Waals surface area contributed by atoms with Gasteiger partial charge in [-0.25, -0.2) is 0 Å². The second-order valence-electron chi connectivity index (χ2n) is 7.08. The molecular formula is C23H25N3O3. The fourth-order valence-corrected chi connectivity index (χ4v) is 3.74. The molecule has 0 radical (unpaired) electrons. The molecule has 1 aromatic heterocycles. The van der Waals surface area contributed by atoms with Crippen LogP contribution in [0.25, 0.3) is 16.5 Å². The third-order valence-electron chi connectivity index (χ3n) is 5.28. The highest BCUT2D eigenvalue weighted by molar-refractivity contribution is 5.94. The van der Waals surface area contributed by atoms with Crippen LogP contribution < -0.4 is 14.8 Å². The summed E-state index contributed by atoms with van der Waals surface area (Å²) in [6.07, 6.45) is 5.21. The van der Waals surface area contributed by atoms with Crippen molar-refractivity contribution in [1.82, 2.24) is 9.88 Å². The van der Waals surface area contributed by atoms with Crippen molar-refractivity contribution in [3.8, 4) is 11.5 Å². The smallest absolute Gasteiger partial charge is 0.238 e. The molecule has 2 heterocycles. The Kier molecular flexibility index (Phi) is 5.53. The lowest BCUT2D eigenvalue weighted by atomic mass is 9.99. The fourth-order valence-electron chi connectivity index (χ4n) is 3.74. The van der Waals surface area contributed by atoms with Gasteiger partial charge in [0.2, 0.25) is 5.91 Å². The number of fused-ring (bicyclic) bond motifs is 1. The maximum absolute atomic E-state index is 12.6. The quantitative estimate of drug-likeness (QED) is 0.669. The highest BCUT2D eigenvalue weighted by Crippen LogP contribution is 2.30. The van der Waals surface area contributed by atoms with E-state index >= 15 is 0 Å². The highest BCUT2D eigenvalue weighted by Gasteiger charge is 2.18. The minimum atomic E-state index is -0.0690. The van der Waals surface area contributed by atoms with Gasteiger partial charge in [0.05, 0.1) is 26.5 Å². The standard InChI is InChI=1S/C23H25N3O3/c1-28-17-7-8-22(29-2)21(13-17)25-23(27)15-26-11-9-16(10-12-26)19-14-24-20-6-4-3-5-18(19)20/h3-9,13-14,24H,10-12,15H2,1-2H3,(H,25,27). The second kappa shape index (κ2) is 8.41. The molecule has 0 aliphatic carbocycles. The summed E-state index contributed by atoms with van der Waals surface area (Å²) in [7, 11) is 3.18. The molecule has 1 amide bonds. The molecule has 2 N–H and O–H groups in total. The van der Waals surface area contributed by atoms with E-state index in [2.05, 4.69) is 45.7 Å². The number of aromatic nitrogens is 1. The molecule has 2 aromatic carbocycles. The number of ether oxygens (including phenoxy) is 2. The number of benzene rings is 2. The number of rotatable bonds is 6. The lowest BCUT2D eigenvalue weighted by Crippen LogP contribution is -2.36. The van der Waals surface area contributed by atoms with Gasteiger partial charge in [0.25, 0.3) is 0 Å². The van der Waals surface area contributed by atoms with Gasteiger partial charge in [-0.3, -0.25) is 9.69 Å². The number of carbonyl (C=O) groups is 1. The SMILES string of the molecule is COc1ccc(OC)c(NC(=O)CN2CC=C(c3c[nH]c4ccccc34)CC2)c1. The van der Waals surface area contributed by atoms with E-state index in [0.29, 0.717) is 23.7 Å². The average Bonchev–Trinajstić information content (AvgIpc) is 3.18. The van der Waals surface area contributed by atoms with Crippen LogP contribution in [0.2, 0.25) is 0 Å². The third-order valence-corrected chi connectivity index (χ3v) is 5.28. The van der Waals surface area contributed by atoms with Crippen molar-refractivity contribution in [3.63, 3.8) is 0 Å². The molecule has 4 rings (SSSR count). The number of methoxy groups -OCH3 is 2. The zero-order valence-electron chi connectivity index (χ0n) is 16.7. The van der Waals surface area contributed by atoms with Gasteiger partial charge >= 0.3 is 0 Å². The third kappa shape index (κ3) is 4.12. The fraction of sp³-hybridized carbons (Fsp3) is 0.261. The Hall–Kier alpha value is -3.25. The van der Waals surface area contributed by atoms with E-state index in [-0.39, 0.29) is 5.91 Å². The molecule has 6 nitrogen and oxygen atoms in total. The molecule has 150 valence electrons. The van der Waals surface area contributed by atoms with Gasteiger partial charge in [0.1, 0.15) is 11.5 Å². The molecule has 0 unspecified atom stereocenters. The predicted molar refractivity (Wildman–Crippen MR) is 116 cm³/mol. The number of hydrogen-bond donors (Lipinski definition) is 2. The van der Waals surface area contributed by atoms with Crippen molar-refractivity contribution in [1.29, 1.82) is 0 Å². The molecule has 0 saturated heterocycles. The average molecular weight is 391 g/mol. The van der Waals surface area contributed by atoms with Gasteiger partial charge in [-0.1, -0.05) is 24.3 Å². The first kappa shape index (κ1) is 19.1. The minimum Gasteiger partial charge on any atom is -0.497 e. The van der Waals surface area contributed by atoms with Gasteiger partial charge < -0.3 is 19.8 Å². The number of nitrogens with one attached hydrogen (secondary N) is 2. The highest BCUT2D eigenvalue weighted by atomic mass is 16.5. The number of hydrogen-bond acceptors (Lipinski definition) is 4. The number of nitrogens with zero attached hydrogens (tertiary/aromatic N) is 1. The van der Waals surface area contributed by atoms with Crippen LogP contribution in [0.3, 0.4) is 0 Å². The van der Waals surface area contributed by atoms with Crippen molar-refractivity contribution in [2.75, 3.05) is 39.2 Å². The lowest BCUT2D eigenvalue weighted by Gasteiger charge is -2.25. The predicted octanol–water partition coefficient (Wildman–Crippen LogP) is 3.91. The summed E-state index contributed by atoms with van der Waals surface area (Å²) < 4.78 is 10.6. The van der Waals surface area contributed by atoms with Gasteiger partial charge in [-0.05, 0) is 30.2 Å². The monoisotopic (exact) mass is 391 g/mol. The number of H-pyrrole nitrogens is 1. The maximum atomic E-state index is 12.6. The molecule has 6 heteroatoms. The van der Waals surface area contributed by atoms with E-state index in [9.17, 15) is 4.79 Å². The van der Waals surface area contributed by atoms with Crippen molar-refractivity contribution in [2.45, 2.75) is 6.42 Å². The Morgan fingerprint density at radius 1 is 1.17 bits per heavy atom. The summed E-state index contributed by atoms with van der Waals surface area (Å²) >= 11 is 0. The Morgan fingerprint density at radius 3 is 2.79 bits per heavy atom. The van der Waals surface area contributed by atoms with E-state index in [1.54, 1.807) is 32.4 Å². The van der Waals surface area contributed by atoms with Crippen LogP contribution in [0.5, 0.6) is 11.5 Å². The number of carbonyl (C=O) groups excluding carboxylic acids is 1.